The SMILES string of the molecule is CC(CCO)SCCCOCC(F)(F)F. The van der Waals surface area contributed by atoms with Crippen LogP contribution in [0.3, 0.4) is 0 Å². The summed E-state index contributed by atoms with van der Waals surface area (Å²) < 4.78 is 39.4. The van der Waals surface area contributed by atoms with Gasteiger partial charge in [0, 0.05) is 18.5 Å². The monoisotopic (exact) mass is 246 g/mol. The highest BCUT2D eigenvalue weighted by atomic mass is 32.2. The van der Waals surface area contributed by atoms with Crippen molar-refractivity contribution in [3.8, 4) is 0 Å². The lowest BCUT2D eigenvalue weighted by Gasteiger charge is -2.10. The number of alkyl halides is 3. The topological polar surface area (TPSA) is 29.5 Å². The van der Waals surface area contributed by atoms with E-state index in [4.69, 9.17) is 5.11 Å². The van der Waals surface area contributed by atoms with E-state index >= 15 is 0 Å². The highest BCUT2D eigenvalue weighted by molar-refractivity contribution is 7.99. The molecule has 15 heavy (non-hydrogen) atoms. The van der Waals surface area contributed by atoms with Crippen molar-refractivity contribution in [1.29, 1.82) is 0 Å². The summed E-state index contributed by atoms with van der Waals surface area (Å²) in [6.45, 7) is 1.11. The highest BCUT2D eigenvalue weighted by Gasteiger charge is 2.27. The van der Waals surface area contributed by atoms with Gasteiger partial charge in [-0.3, -0.25) is 0 Å². The second kappa shape index (κ2) is 8.24. The van der Waals surface area contributed by atoms with Crippen molar-refractivity contribution in [2.24, 2.45) is 0 Å². The van der Waals surface area contributed by atoms with Crippen molar-refractivity contribution in [3.05, 3.63) is 0 Å². The standard InChI is InChI=1S/C9H17F3O2S/c1-8(3-4-13)15-6-2-5-14-7-9(10,11)12/h8,13H,2-7H2,1H3. The van der Waals surface area contributed by atoms with Crippen molar-refractivity contribution in [2.45, 2.75) is 31.2 Å². The van der Waals surface area contributed by atoms with Gasteiger partial charge in [0.25, 0.3) is 0 Å². The van der Waals surface area contributed by atoms with Gasteiger partial charge in [-0.05, 0) is 18.6 Å². The van der Waals surface area contributed by atoms with Gasteiger partial charge in [0.15, 0.2) is 0 Å². The van der Waals surface area contributed by atoms with Crippen LogP contribution in [0.15, 0.2) is 0 Å². The van der Waals surface area contributed by atoms with Crippen LogP contribution in [0.1, 0.15) is 19.8 Å². The van der Waals surface area contributed by atoms with E-state index in [2.05, 4.69) is 4.74 Å². The fraction of sp³-hybridized carbons (Fsp3) is 1.00. The van der Waals surface area contributed by atoms with Crippen molar-refractivity contribution in [3.63, 3.8) is 0 Å². The zero-order valence-electron chi connectivity index (χ0n) is 8.72. The van der Waals surface area contributed by atoms with E-state index in [1.165, 1.54) is 0 Å². The van der Waals surface area contributed by atoms with E-state index in [0.717, 1.165) is 5.75 Å². The molecule has 0 aromatic heterocycles. The molecule has 0 aliphatic rings. The van der Waals surface area contributed by atoms with Gasteiger partial charge >= 0.3 is 6.18 Å². The minimum atomic E-state index is -4.22. The predicted molar refractivity (Wildman–Crippen MR) is 55.1 cm³/mol. The first-order valence-corrected chi connectivity index (χ1v) is 5.87. The Morgan fingerprint density at radius 2 is 2.07 bits per heavy atom. The second-order valence-corrected chi connectivity index (χ2v) is 4.76. The van der Waals surface area contributed by atoms with Gasteiger partial charge in [-0.1, -0.05) is 6.92 Å². The van der Waals surface area contributed by atoms with Gasteiger partial charge in [-0.15, -0.1) is 0 Å². The largest absolute Gasteiger partial charge is 0.411 e. The molecule has 0 saturated heterocycles. The zero-order valence-corrected chi connectivity index (χ0v) is 9.53. The number of ether oxygens (including phenoxy) is 1. The summed E-state index contributed by atoms with van der Waals surface area (Å²) in [5.41, 5.74) is 0. The van der Waals surface area contributed by atoms with E-state index in [1.807, 2.05) is 6.92 Å². The Morgan fingerprint density at radius 3 is 2.60 bits per heavy atom. The van der Waals surface area contributed by atoms with Crippen LogP contribution in [0.25, 0.3) is 0 Å². The molecule has 0 amide bonds. The molecule has 0 spiro atoms. The molecule has 0 aromatic rings. The van der Waals surface area contributed by atoms with Crippen LogP contribution in [0, 0.1) is 0 Å². The Labute approximate surface area is 92.2 Å². The first-order chi connectivity index (χ1) is 6.95. The number of hydrogen-bond donors (Lipinski definition) is 1. The Morgan fingerprint density at radius 1 is 1.40 bits per heavy atom. The molecular formula is C9H17F3O2S. The summed E-state index contributed by atoms with van der Waals surface area (Å²) in [6.07, 6.45) is -2.90. The Bertz CT molecular complexity index is 153. The molecule has 0 aliphatic carbocycles. The van der Waals surface area contributed by atoms with Crippen molar-refractivity contribution >= 4 is 11.8 Å². The molecule has 0 rings (SSSR count). The molecular weight excluding hydrogens is 229 g/mol. The first kappa shape index (κ1) is 15.1. The summed E-state index contributed by atoms with van der Waals surface area (Å²) in [5.74, 6) is 0.763. The highest BCUT2D eigenvalue weighted by Crippen LogP contribution is 2.16. The minimum Gasteiger partial charge on any atom is -0.396 e. The number of thioether (sulfide) groups is 1. The predicted octanol–water partition coefficient (Wildman–Crippen LogP) is 2.46. The summed E-state index contributed by atoms with van der Waals surface area (Å²) in [6, 6.07) is 0. The third-order valence-corrected chi connectivity index (χ3v) is 2.97. The van der Waals surface area contributed by atoms with Crippen molar-refractivity contribution in [2.75, 3.05) is 25.6 Å². The number of aliphatic hydroxyl groups excluding tert-OH is 1. The molecule has 1 N–H and O–H groups in total. The lowest BCUT2D eigenvalue weighted by atomic mass is 10.3. The summed E-state index contributed by atoms with van der Waals surface area (Å²) in [5, 5.41) is 8.95. The molecule has 0 saturated carbocycles. The number of aliphatic hydroxyl groups is 1. The summed E-state index contributed by atoms with van der Waals surface area (Å²) >= 11 is 1.64. The van der Waals surface area contributed by atoms with Crippen molar-refractivity contribution in [1.82, 2.24) is 0 Å². The molecule has 1 atom stereocenters. The lowest BCUT2D eigenvalue weighted by Crippen LogP contribution is -2.17. The van der Waals surface area contributed by atoms with Crippen LogP contribution < -0.4 is 0 Å². The smallest absolute Gasteiger partial charge is 0.396 e. The summed E-state index contributed by atoms with van der Waals surface area (Å²) in [7, 11) is 0. The van der Waals surface area contributed by atoms with Crippen LogP contribution in [-0.4, -0.2) is 42.1 Å². The molecule has 0 fully saturated rings. The van der Waals surface area contributed by atoms with Gasteiger partial charge < -0.3 is 9.84 Å². The second-order valence-electron chi connectivity index (χ2n) is 3.22. The Hall–Kier alpha value is 0.0600. The molecule has 0 aliphatic heterocycles. The van der Waals surface area contributed by atoms with Gasteiger partial charge in [0.1, 0.15) is 6.61 Å². The average Bonchev–Trinajstić information content (AvgIpc) is 2.09. The molecule has 92 valence electrons. The Balaban J connectivity index is 3.18. The zero-order chi connectivity index (χ0) is 11.7. The fourth-order valence-corrected chi connectivity index (χ4v) is 1.86. The normalized spacial score (nSPS) is 14.2. The third-order valence-electron chi connectivity index (χ3n) is 1.64. The number of hydrogen-bond acceptors (Lipinski definition) is 3. The average molecular weight is 246 g/mol. The van der Waals surface area contributed by atoms with E-state index in [1.54, 1.807) is 11.8 Å². The molecule has 6 heteroatoms. The van der Waals surface area contributed by atoms with Crippen molar-refractivity contribution < 1.29 is 23.0 Å². The Kier molecular flexibility index (Phi) is 8.27. The molecule has 0 radical (unpaired) electrons. The molecule has 2 nitrogen and oxygen atoms in total. The van der Waals surface area contributed by atoms with E-state index in [9.17, 15) is 13.2 Å². The van der Waals surface area contributed by atoms with E-state index < -0.39 is 12.8 Å². The maximum absolute atomic E-state index is 11.6. The van der Waals surface area contributed by atoms with Crippen LogP contribution in [0.2, 0.25) is 0 Å². The molecule has 0 heterocycles. The fourth-order valence-electron chi connectivity index (χ4n) is 0.899. The maximum atomic E-state index is 11.6. The number of halogens is 3. The van der Waals surface area contributed by atoms with E-state index in [0.29, 0.717) is 18.1 Å². The quantitative estimate of drug-likeness (QED) is 0.667. The van der Waals surface area contributed by atoms with Gasteiger partial charge in [-0.2, -0.15) is 24.9 Å². The van der Waals surface area contributed by atoms with Gasteiger partial charge in [0.05, 0.1) is 0 Å². The maximum Gasteiger partial charge on any atom is 0.411 e. The summed E-state index contributed by atoms with van der Waals surface area (Å²) in [4.78, 5) is 0. The first-order valence-electron chi connectivity index (χ1n) is 4.82. The minimum absolute atomic E-state index is 0.137. The lowest BCUT2D eigenvalue weighted by molar-refractivity contribution is -0.173. The third kappa shape index (κ3) is 12.0. The van der Waals surface area contributed by atoms with Crippen LogP contribution in [0.4, 0.5) is 13.2 Å². The van der Waals surface area contributed by atoms with Crippen LogP contribution in [-0.2, 0) is 4.74 Å². The molecule has 0 bridgehead atoms. The van der Waals surface area contributed by atoms with Gasteiger partial charge in [-0.25, -0.2) is 0 Å². The number of rotatable bonds is 8. The van der Waals surface area contributed by atoms with E-state index in [-0.39, 0.29) is 13.2 Å². The van der Waals surface area contributed by atoms with Crippen LogP contribution >= 0.6 is 11.8 Å². The van der Waals surface area contributed by atoms with Gasteiger partial charge in [0.2, 0.25) is 0 Å². The van der Waals surface area contributed by atoms with Crippen LogP contribution in [0.5, 0.6) is 0 Å². The molecule has 0 aromatic carbocycles. The molecule has 1 unspecified atom stereocenters.